The Labute approximate surface area is 346 Å². The first kappa shape index (κ1) is 34.3. The second-order valence-corrected chi connectivity index (χ2v) is 17.3. The predicted octanol–water partition coefficient (Wildman–Crippen LogP) is 14.4. The molecule has 3 nitrogen and oxygen atoms in total. The fourth-order valence-corrected chi connectivity index (χ4v) is 10.9. The minimum atomic E-state index is -0.113. The van der Waals surface area contributed by atoms with Crippen molar-refractivity contribution >= 4 is 55.1 Å². The van der Waals surface area contributed by atoms with Crippen molar-refractivity contribution in [2.45, 2.75) is 44.9 Å². The summed E-state index contributed by atoms with van der Waals surface area (Å²) < 4.78 is 0. The van der Waals surface area contributed by atoms with Gasteiger partial charge in [0.25, 0.3) is 0 Å². The Bertz CT molecular complexity index is 3170. The smallest absolute Gasteiger partial charge is 0.0792 e. The van der Waals surface area contributed by atoms with Crippen LogP contribution in [0.5, 0.6) is 0 Å². The van der Waals surface area contributed by atoms with E-state index in [1.54, 1.807) is 0 Å². The van der Waals surface area contributed by atoms with Gasteiger partial charge >= 0.3 is 0 Å². The molecular weight excluding hydrogens is 715 g/mol. The molecule has 0 radical (unpaired) electrons. The number of fused-ring (bicyclic) bond motifs is 8. The lowest BCUT2D eigenvalue weighted by molar-refractivity contribution is 0.660. The van der Waals surface area contributed by atoms with E-state index in [1.165, 1.54) is 105 Å². The topological polar surface area (TPSA) is 19.4 Å². The van der Waals surface area contributed by atoms with E-state index in [9.17, 15) is 0 Å². The molecule has 2 aliphatic heterocycles. The van der Waals surface area contributed by atoms with E-state index in [2.05, 4.69) is 181 Å². The van der Waals surface area contributed by atoms with Crippen molar-refractivity contribution in [1.82, 2.24) is 4.98 Å². The van der Waals surface area contributed by atoms with Gasteiger partial charge in [-0.1, -0.05) is 123 Å². The molecule has 8 aromatic carbocycles. The van der Waals surface area contributed by atoms with Gasteiger partial charge in [-0.15, -0.1) is 0 Å². The van der Waals surface area contributed by atoms with Crippen LogP contribution in [0.2, 0.25) is 0 Å². The number of rotatable bonds is 4. The molecule has 0 saturated carbocycles. The van der Waals surface area contributed by atoms with Crippen LogP contribution in [-0.4, -0.2) is 18.1 Å². The first-order valence-electron chi connectivity index (χ1n) is 21.4. The van der Waals surface area contributed by atoms with Crippen molar-refractivity contribution < 1.29 is 0 Å². The first-order valence-corrected chi connectivity index (χ1v) is 21.4. The lowest BCUT2D eigenvalue weighted by Crippen LogP contribution is -2.24. The van der Waals surface area contributed by atoms with E-state index >= 15 is 0 Å². The van der Waals surface area contributed by atoms with E-state index < -0.39 is 0 Å². The normalized spacial score (nSPS) is 15.3. The maximum Gasteiger partial charge on any atom is 0.0792 e. The van der Waals surface area contributed by atoms with Crippen molar-refractivity contribution in [1.29, 1.82) is 0 Å². The van der Waals surface area contributed by atoms with Gasteiger partial charge in [0.1, 0.15) is 0 Å². The number of aryl methyl sites for hydroxylation is 2. The fraction of sp³-hybridized carbons (Fsp3) is 0.161. The lowest BCUT2D eigenvalue weighted by Gasteiger charge is -2.32. The second kappa shape index (κ2) is 13.2. The van der Waals surface area contributed by atoms with Crippen molar-refractivity contribution in [3.63, 3.8) is 0 Å². The molecule has 0 unspecified atom stereocenters. The monoisotopic (exact) mass is 759 g/mol. The van der Waals surface area contributed by atoms with Crippen LogP contribution < -0.4 is 9.80 Å². The Balaban J connectivity index is 1.19. The third kappa shape index (κ3) is 5.23. The molecule has 0 saturated heterocycles. The summed E-state index contributed by atoms with van der Waals surface area (Å²) in [6, 6.07) is 59.6. The molecule has 0 spiro atoms. The highest BCUT2D eigenvalue weighted by atomic mass is 15.1. The number of nitrogens with zero attached hydrogens (tertiary/aromatic N) is 3. The van der Waals surface area contributed by atoms with E-state index in [0.717, 1.165) is 44.5 Å². The van der Waals surface area contributed by atoms with E-state index in [4.69, 9.17) is 4.98 Å². The average Bonchev–Trinajstić information content (AvgIpc) is 3.52. The molecule has 0 fully saturated rings. The Kier molecular flexibility index (Phi) is 7.66. The van der Waals surface area contributed by atoms with Gasteiger partial charge in [-0.05, 0) is 146 Å². The van der Waals surface area contributed by atoms with Gasteiger partial charge in [0, 0.05) is 58.4 Å². The van der Waals surface area contributed by atoms with Crippen LogP contribution in [0, 0.1) is 0 Å². The summed E-state index contributed by atoms with van der Waals surface area (Å²) in [4.78, 5) is 10.3. The molecule has 1 aromatic heterocycles. The largest absolute Gasteiger partial charge is 0.341 e. The van der Waals surface area contributed by atoms with Gasteiger partial charge in [-0.3, -0.25) is 4.98 Å². The van der Waals surface area contributed by atoms with Crippen LogP contribution in [0.4, 0.5) is 22.7 Å². The standard InChI is InChI=1S/C56H45N3/c1-56(2)49-20-8-7-19-43(49)44-26-23-39(33-50(44)56)53-45-27-24-41(59-32-12-17-38-15-5-10-22-52(38)59)35-48(45)54(55-42-18-6-3-13-36(42)29-30-57-55)46-28-25-40(34-47(46)53)58-31-11-16-37-14-4-9-21-51(37)58/h3-10,13-15,18-30,33-35H,11-12,16-17,31-32H2,1-2H3. The highest BCUT2D eigenvalue weighted by Crippen LogP contribution is 2.52. The summed E-state index contributed by atoms with van der Waals surface area (Å²) in [5, 5.41) is 7.34. The van der Waals surface area contributed by atoms with Gasteiger partial charge in [-0.2, -0.15) is 0 Å². The Morgan fingerprint density at radius 1 is 0.475 bits per heavy atom. The Morgan fingerprint density at radius 2 is 1.07 bits per heavy atom. The van der Waals surface area contributed by atoms with Crippen molar-refractivity contribution in [3.8, 4) is 33.5 Å². The van der Waals surface area contributed by atoms with Crippen LogP contribution >= 0.6 is 0 Å². The molecule has 284 valence electrons. The zero-order chi connectivity index (χ0) is 39.2. The molecule has 59 heavy (non-hydrogen) atoms. The van der Waals surface area contributed by atoms with Crippen molar-refractivity contribution in [2.24, 2.45) is 0 Å². The quantitative estimate of drug-likeness (QED) is 0.167. The molecule has 12 rings (SSSR count). The van der Waals surface area contributed by atoms with E-state index in [0.29, 0.717) is 0 Å². The maximum absolute atomic E-state index is 5.27. The zero-order valence-corrected chi connectivity index (χ0v) is 33.7. The first-order chi connectivity index (χ1) is 29.0. The van der Waals surface area contributed by atoms with Gasteiger partial charge in [0.15, 0.2) is 0 Å². The number of benzene rings is 8. The summed E-state index contributed by atoms with van der Waals surface area (Å²) in [5.74, 6) is 0. The molecule has 0 atom stereocenters. The van der Waals surface area contributed by atoms with E-state index in [1.807, 2.05) is 6.20 Å². The molecule has 3 aliphatic rings. The minimum Gasteiger partial charge on any atom is -0.341 e. The molecular formula is C56H45N3. The number of hydrogen-bond acceptors (Lipinski definition) is 3. The summed E-state index contributed by atoms with van der Waals surface area (Å²) >= 11 is 0. The zero-order valence-electron chi connectivity index (χ0n) is 33.7. The number of hydrogen-bond donors (Lipinski definition) is 0. The molecule has 1 aliphatic carbocycles. The van der Waals surface area contributed by atoms with E-state index in [-0.39, 0.29) is 5.41 Å². The van der Waals surface area contributed by atoms with Gasteiger partial charge in [0.2, 0.25) is 0 Å². The number of pyridine rings is 1. The van der Waals surface area contributed by atoms with Crippen LogP contribution in [0.1, 0.15) is 48.9 Å². The van der Waals surface area contributed by atoms with Gasteiger partial charge in [-0.25, -0.2) is 0 Å². The average molecular weight is 760 g/mol. The predicted molar refractivity (Wildman–Crippen MR) is 249 cm³/mol. The molecule has 0 N–H and O–H groups in total. The third-order valence-corrected chi connectivity index (χ3v) is 13.7. The molecule has 3 heteroatoms. The summed E-state index contributed by atoms with van der Waals surface area (Å²) in [6.07, 6.45) is 6.49. The molecule has 0 bridgehead atoms. The number of aromatic nitrogens is 1. The molecule has 9 aromatic rings. The molecule has 0 amide bonds. The maximum atomic E-state index is 5.27. The SMILES string of the molecule is CC1(C)c2ccccc2-c2ccc(-c3c4cc(N5CCCc6ccccc65)ccc4c(-c4nccc5ccccc45)c4cc(N5CCCc6ccccc65)ccc34)cc21. The van der Waals surface area contributed by atoms with Crippen molar-refractivity contribution in [3.05, 3.63) is 186 Å². The summed E-state index contributed by atoms with van der Waals surface area (Å²) in [7, 11) is 0. The second-order valence-electron chi connectivity index (χ2n) is 17.3. The van der Waals surface area contributed by atoms with Gasteiger partial charge in [0.05, 0.1) is 5.69 Å². The summed E-state index contributed by atoms with van der Waals surface area (Å²) in [6.45, 7) is 6.77. The van der Waals surface area contributed by atoms with Gasteiger partial charge < -0.3 is 9.80 Å². The summed E-state index contributed by atoms with van der Waals surface area (Å²) in [5.41, 5.74) is 18.1. The highest BCUT2D eigenvalue weighted by Gasteiger charge is 2.36. The highest BCUT2D eigenvalue weighted by molar-refractivity contribution is 6.24. The molecule has 3 heterocycles. The Morgan fingerprint density at radius 3 is 1.80 bits per heavy atom. The van der Waals surface area contributed by atoms with Crippen LogP contribution in [0.3, 0.4) is 0 Å². The third-order valence-electron chi connectivity index (χ3n) is 13.7. The van der Waals surface area contributed by atoms with Crippen LogP contribution in [0.25, 0.3) is 65.8 Å². The Hall–Kier alpha value is -6.71. The van der Waals surface area contributed by atoms with Crippen molar-refractivity contribution in [2.75, 3.05) is 22.9 Å². The van der Waals surface area contributed by atoms with Crippen LogP contribution in [-0.2, 0) is 18.3 Å². The minimum absolute atomic E-state index is 0.113. The number of para-hydroxylation sites is 2. The number of anilines is 4. The van der Waals surface area contributed by atoms with Crippen LogP contribution in [0.15, 0.2) is 164 Å². The lowest BCUT2D eigenvalue weighted by atomic mass is 9.80. The fourth-order valence-electron chi connectivity index (χ4n) is 10.9.